The van der Waals surface area contributed by atoms with Crippen LogP contribution in [0.4, 0.5) is 4.39 Å². The number of aromatic nitrogens is 2. The zero-order valence-electron chi connectivity index (χ0n) is 13.3. The Balaban J connectivity index is 1.86. The first-order valence-corrected chi connectivity index (χ1v) is 7.63. The van der Waals surface area contributed by atoms with Gasteiger partial charge in [0.05, 0.1) is 13.1 Å². The van der Waals surface area contributed by atoms with Crippen LogP contribution in [-0.4, -0.2) is 9.13 Å². The Morgan fingerprint density at radius 3 is 1.62 bits per heavy atom. The van der Waals surface area contributed by atoms with E-state index < -0.39 is 11.1 Å². The Hall–Kier alpha value is -2.95. The highest BCUT2D eigenvalue weighted by Gasteiger charge is 2.06. The van der Waals surface area contributed by atoms with E-state index >= 15 is 0 Å². The van der Waals surface area contributed by atoms with Crippen molar-refractivity contribution in [2.45, 2.75) is 20.0 Å². The van der Waals surface area contributed by atoms with Gasteiger partial charge in [0.1, 0.15) is 5.82 Å². The summed E-state index contributed by atoms with van der Waals surface area (Å²) in [4.78, 5) is 24.5. The van der Waals surface area contributed by atoms with Crippen LogP contribution in [0.1, 0.15) is 16.7 Å². The highest BCUT2D eigenvalue weighted by atomic mass is 19.1. The van der Waals surface area contributed by atoms with Crippen LogP contribution in [-0.2, 0) is 13.1 Å². The summed E-state index contributed by atoms with van der Waals surface area (Å²) in [5.41, 5.74) is 1.70. The molecule has 0 aliphatic carbocycles. The van der Waals surface area contributed by atoms with Crippen LogP contribution in [0.2, 0.25) is 0 Å². The molecule has 1 aromatic heterocycles. The molecule has 0 bridgehead atoms. The first-order valence-electron chi connectivity index (χ1n) is 7.63. The second kappa shape index (κ2) is 6.66. The number of nitrogens with zero attached hydrogens (tertiary/aromatic N) is 2. The minimum atomic E-state index is -0.589. The first kappa shape index (κ1) is 15.9. The lowest BCUT2D eigenvalue weighted by Crippen LogP contribution is -2.40. The molecule has 0 spiro atoms. The Bertz CT molecular complexity index is 874. The minimum absolute atomic E-state index is 0.236. The molecule has 0 aliphatic rings. The van der Waals surface area contributed by atoms with Crippen LogP contribution in [0.25, 0.3) is 0 Å². The Labute approximate surface area is 138 Å². The van der Waals surface area contributed by atoms with Gasteiger partial charge in [0, 0.05) is 12.4 Å². The van der Waals surface area contributed by atoms with Crippen molar-refractivity contribution >= 4 is 0 Å². The monoisotopic (exact) mass is 324 g/mol. The largest absolute Gasteiger partial charge is 0.316 e. The lowest BCUT2D eigenvalue weighted by Gasteiger charge is -2.09. The predicted molar refractivity (Wildman–Crippen MR) is 90.7 cm³/mol. The van der Waals surface area contributed by atoms with Crippen LogP contribution in [0.3, 0.4) is 0 Å². The van der Waals surface area contributed by atoms with E-state index in [4.69, 9.17) is 0 Å². The quantitative estimate of drug-likeness (QED) is 0.692. The molecular weight excluding hydrogens is 307 g/mol. The smallest absolute Gasteiger partial charge is 0.305 e. The topological polar surface area (TPSA) is 44.0 Å². The van der Waals surface area contributed by atoms with E-state index in [2.05, 4.69) is 0 Å². The maximum absolute atomic E-state index is 12.9. The first-order chi connectivity index (χ1) is 11.5. The van der Waals surface area contributed by atoms with Crippen molar-refractivity contribution in [2.75, 3.05) is 0 Å². The number of hydrogen-bond acceptors (Lipinski definition) is 2. The molecule has 3 rings (SSSR count). The summed E-state index contributed by atoms with van der Waals surface area (Å²) in [5.74, 6) is -0.334. The van der Waals surface area contributed by atoms with E-state index in [1.807, 2.05) is 31.2 Å². The van der Waals surface area contributed by atoms with Gasteiger partial charge in [-0.2, -0.15) is 0 Å². The summed E-state index contributed by atoms with van der Waals surface area (Å²) in [5, 5.41) is 0. The van der Waals surface area contributed by atoms with Crippen LogP contribution in [0.5, 0.6) is 0 Å². The lowest BCUT2D eigenvalue weighted by atomic mass is 10.1. The third-order valence-corrected chi connectivity index (χ3v) is 3.87. The lowest BCUT2D eigenvalue weighted by molar-refractivity contribution is 0.624. The van der Waals surface area contributed by atoms with E-state index in [1.54, 1.807) is 24.5 Å². The van der Waals surface area contributed by atoms with Crippen molar-refractivity contribution in [3.63, 3.8) is 0 Å². The molecule has 0 N–H and O–H groups in total. The molecule has 0 aliphatic heterocycles. The predicted octanol–water partition coefficient (Wildman–Crippen LogP) is 2.55. The second-order valence-electron chi connectivity index (χ2n) is 5.78. The van der Waals surface area contributed by atoms with Gasteiger partial charge in [0.2, 0.25) is 0 Å². The molecule has 0 atom stereocenters. The maximum atomic E-state index is 12.9. The highest BCUT2D eigenvalue weighted by Crippen LogP contribution is 2.05. The van der Waals surface area contributed by atoms with E-state index in [-0.39, 0.29) is 12.4 Å². The van der Waals surface area contributed by atoms with E-state index in [0.29, 0.717) is 6.54 Å². The van der Waals surface area contributed by atoms with Crippen LogP contribution >= 0.6 is 0 Å². The molecule has 4 nitrogen and oxygen atoms in total. The molecule has 2 aromatic carbocycles. The van der Waals surface area contributed by atoms with E-state index in [0.717, 1.165) is 16.7 Å². The molecule has 0 unspecified atom stereocenters. The van der Waals surface area contributed by atoms with Crippen molar-refractivity contribution in [1.29, 1.82) is 0 Å². The summed E-state index contributed by atoms with van der Waals surface area (Å²) in [6.07, 6.45) is 3.19. The third kappa shape index (κ3) is 3.51. The van der Waals surface area contributed by atoms with Crippen LogP contribution < -0.4 is 11.1 Å². The molecule has 0 amide bonds. The molecular formula is C19H17FN2O2. The summed E-state index contributed by atoms with van der Waals surface area (Å²) >= 11 is 0. The molecule has 24 heavy (non-hydrogen) atoms. The molecule has 0 fully saturated rings. The fourth-order valence-corrected chi connectivity index (χ4v) is 2.47. The molecule has 0 saturated heterocycles. The van der Waals surface area contributed by atoms with Crippen molar-refractivity contribution in [3.8, 4) is 0 Å². The zero-order chi connectivity index (χ0) is 17.1. The molecule has 5 heteroatoms. The van der Waals surface area contributed by atoms with Gasteiger partial charge in [-0.15, -0.1) is 0 Å². The number of hydrogen-bond donors (Lipinski definition) is 0. The minimum Gasteiger partial charge on any atom is -0.305 e. The van der Waals surface area contributed by atoms with Gasteiger partial charge in [-0.3, -0.25) is 9.59 Å². The Morgan fingerprint density at radius 2 is 1.17 bits per heavy atom. The Kier molecular flexibility index (Phi) is 4.42. The number of halogens is 1. The Morgan fingerprint density at radius 1 is 0.750 bits per heavy atom. The summed E-state index contributed by atoms with van der Waals surface area (Å²) in [6.45, 7) is 2.58. The molecule has 3 aromatic rings. The van der Waals surface area contributed by atoms with Gasteiger partial charge in [0.25, 0.3) is 0 Å². The summed E-state index contributed by atoms with van der Waals surface area (Å²) < 4.78 is 15.7. The molecule has 0 saturated carbocycles. The fraction of sp³-hybridized carbons (Fsp3) is 0.158. The van der Waals surface area contributed by atoms with Crippen LogP contribution in [0, 0.1) is 12.7 Å². The van der Waals surface area contributed by atoms with Gasteiger partial charge in [0.15, 0.2) is 0 Å². The molecule has 1 heterocycles. The molecule has 0 radical (unpaired) electrons. The number of rotatable bonds is 4. The second-order valence-corrected chi connectivity index (χ2v) is 5.78. The van der Waals surface area contributed by atoms with Crippen molar-refractivity contribution in [2.24, 2.45) is 0 Å². The number of aryl methyl sites for hydroxylation is 1. The maximum Gasteiger partial charge on any atom is 0.316 e. The van der Waals surface area contributed by atoms with Crippen molar-refractivity contribution < 1.29 is 4.39 Å². The number of benzene rings is 2. The SMILES string of the molecule is Cc1ccc(Cn2ccn(Cc3ccc(F)cc3)c(=O)c2=O)cc1. The van der Waals surface area contributed by atoms with Gasteiger partial charge >= 0.3 is 11.1 Å². The van der Waals surface area contributed by atoms with Crippen molar-refractivity contribution in [1.82, 2.24) is 9.13 Å². The van der Waals surface area contributed by atoms with Crippen LogP contribution in [0.15, 0.2) is 70.5 Å². The summed E-state index contributed by atoms with van der Waals surface area (Å²) in [7, 11) is 0. The average molecular weight is 324 g/mol. The van der Waals surface area contributed by atoms with E-state index in [1.165, 1.54) is 21.3 Å². The summed E-state index contributed by atoms with van der Waals surface area (Å²) in [6, 6.07) is 13.7. The zero-order valence-corrected chi connectivity index (χ0v) is 13.3. The van der Waals surface area contributed by atoms with E-state index in [9.17, 15) is 14.0 Å². The average Bonchev–Trinajstić information content (AvgIpc) is 2.58. The highest BCUT2D eigenvalue weighted by molar-refractivity contribution is 5.21. The van der Waals surface area contributed by atoms with Gasteiger partial charge in [-0.1, -0.05) is 42.0 Å². The standard InChI is InChI=1S/C19H17FN2O2/c1-14-2-4-15(5-3-14)12-21-10-11-22(19(24)18(21)23)13-16-6-8-17(20)9-7-16/h2-11H,12-13H2,1H3. The molecule has 122 valence electrons. The van der Waals surface area contributed by atoms with Crippen molar-refractivity contribution in [3.05, 3.63) is 104 Å². The van der Waals surface area contributed by atoms with Gasteiger partial charge in [-0.25, -0.2) is 4.39 Å². The fourth-order valence-electron chi connectivity index (χ4n) is 2.47. The van der Waals surface area contributed by atoms with Gasteiger partial charge in [-0.05, 0) is 30.2 Å². The third-order valence-electron chi connectivity index (χ3n) is 3.87. The van der Waals surface area contributed by atoms with Gasteiger partial charge < -0.3 is 9.13 Å². The normalized spacial score (nSPS) is 10.8.